The second-order valence-corrected chi connectivity index (χ2v) is 15.6. The molecule has 0 aromatic heterocycles. The van der Waals surface area contributed by atoms with Gasteiger partial charge in [0, 0.05) is 17.2 Å². The third-order valence-corrected chi connectivity index (χ3v) is 13.3. The molecule has 1 heterocycles. The summed E-state index contributed by atoms with van der Waals surface area (Å²) < 4.78 is 13.5. The summed E-state index contributed by atoms with van der Waals surface area (Å²) in [6.45, 7) is 11.1. The van der Waals surface area contributed by atoms with Gasteiger partial charge < -0.3 is 9.31 Å². The summed E-state index contributed by atoms with van der Waals surface area (Å²) in [5.41, 5.74) is 4.25. The Morgan fingerprint density at radius 3 is 2.26 bits per heavy atom. The van der Waals surface area contributed by atoms with Crippen LogP contribution < -0.4 is 0 Å². The molecule has 1 aromatic carbocycles. The Balaban J connectivity index is 1.12. The van der Waals surface area contributed by atoms with Gasteiger partial charge in [0.25, 0.3) is 0 Å². The van der Waals surface area contributed by atoms with E-state index in [9.17, 15) is 4.79 Å². The molecular formula is C34H49BO3. The van der Waals surface area contributed by atoms with E-state index in [0.29, 0.717) is 29.5 Å². The van der Waals surface area contributed by atoms with Gasteiger partial charge in [-0.2, -0.15) is 0 Å². The lowest BCUT2D eigenvalue weighted by molar-refractivity contribution is -0.129. The fourth-order valence-corrected chi connectivity index (χ4v) is 10.2. The van der Waals surface area contributed by atoms with Crippen LogP contribution in [0.25, 0.3) is 0 Å². The fourth-order valence-electron chi connectivity index (χ4n) is 10.2. The van der Waals surface area contributed by atoms with Crippen molar-refractivity contribution in [3.05, 3.63) is 34.9 Å². The van der Waals surface area contributed by atoms with Crippen LogP contribution in [-0.2, 0) is 20.5 Å². The number of carbonyl (C=O) groups excluding carboxylic acids is 1. The minimum atomic E-state index is -0.257. The van der Waals surface area contributed by atoms with Gasteiger partial charge in [0.1, 0.15) is 5.78 Å². The molecule has 0 N–H and O–H groups in total. The molecule has 0 spiro atoms. The number of hydrogen-bond acceptors (Lipinski definition) is 3. The topological polar surface area (TPSA) is 35.5 Å². The number of hydrogen-bond donors (Lipinski definition) is 0. The van der Waals surface area contributed by atoms with Crippen LogP contribution in [0.3, 0.4) is 0 Å². The summed E-state index contributed by atoms with van der Waals surface area (Å²) in [7, 11) is -0.0732. The lowest BCUT2D eigenvalue weighted by Crippen LogP contribution is -2.49. The molecule has 5 aliphatic carbocycles. The van der Waals surface area contributed by atoms with Gasteiger partial charge in [0.05, 0.1) is 11.2 Å². The first-order valence-electron chi connectivity index (χ1n) is 16.1. The van der Waals surface area contributed by atoms with Crippen molar-refractivity contribution in [3.63, 3.8) is 0 Å². The highest BCUT2D eigenvalue weighted by atomic mass is 16.7. The highest BCUT2D eigenvalue weighted by Crippen LogP contribution is 2.68. The smallest absolute Gasteiger partial charge is 0.403 e. The molecule has 38 heavy (non-hydrogen) atoms. The summed E-state index contributed by atoms with van der Waals surface area (Å²) in [6.07, 6.45) is 15.9. The molecule has 0 amide bonds. The van der Waals surface area contributed by atoms with E-state index in [0.717, 1.165) is 25.2 Å². The quantitative estimate of drug-likeness (QED) is 0.379. The molecule has 4 atom stereocenters. The maximum absolute atomic E-state index is 12.7. The van der Waals surface area contributed by atoms with Gasteiger partial charge >= 0.3 is 7.12 Å². The van der Waals surface area contributed by atoms with Gasteiger partial charge in [-0.05, 0) is 119 Å². The highest BCUT2D eigenvalue weighted by Gasteiger charge is 2.66. The van der Waals surface area contributed by atoms with Gasteiger partial charge in [-0.3, -0.25) is 4.79 Å². The predicted molar refractivity (Wildman–Crippen MR) is 153 cm³/mol. The van der Waals surface area contributed by atoms with E-state index in [1.807, 2.05) is 0 Å². The van der Waals surface area contributed by atoms with Gasteiger partial charge in [-0.1, -0.05) is 57.2 Å². The summed E-state index contributed by atoms with van der Waals surface area (Å²) >= 11 is 0. The molecular weight excluding hydrogens is 467 g/mol. The van der Waals surface area contributed by atoms with Crippen LogP contribution in [0.15, 0.2) is 18.2 Å². The number of Topliss-reactive ketones (excluding diaryl/α,β-unsaturated/α-hetero) is 1. The van der Waals surface area contributed by atoms with Crippen LogP contribution in [-0.4, -0.2) is 24.1 Å². The number of benzene rings is 1. The van der Waals surface area contributed by atoms with Gasteiger partial charge in [0.2, 0.25) is 0 Å². The van der Waals surface area contributed by atoms with E-state index in [1.165, 1.54) is 64.2 Å². The first kappa shape index (κ1) is 25.8. The van der Waals surface area contributed by atoms with Crippen LogP contribution >= 0.6 is 0 Å². The van der Waals surface area contributed by atoms with Crippen LogP contribution in [0.1, 0.15) is 140 Å². The normalized spacial score (nSPS) is 41.8. The first-order chi connectivity index (χ1) is 18.0. The lowest BCUT2D eigenvalue weighted by Gasteiger charge is -2.54. The average molecular weight is 517 g/mol. The maximum Gasteiger partial charge on any atom is 0.464 e. The summed E-state index contributed by atoms with van der Waals surface area (Å²) in [5, 5.41) is 0.167. The summed E-state index contributed by atoms with van der Waals surface area (Å²) in [5.74, 6) is 3.90. The molecule has 7 rings (SSSR count). The third-order valence-electron chi connectivity index (χ3n) is 13.3. The van der Waals surface area contributed by atoms with Crippen molar-refractivity contribution in [3.8, 4) is 0 Å². The molecule has 0 unspecified atom stereocenters. The molecule has 3 nitrogen and oxygen atoms in total. The van der Waals surface area contributed by atoms with E-state index in [4.69, 9.17) is 9.31 Å². The Morgan fingerprint density at radius 2 is 1.55 bits per heavy atom. The molecule has 4 saturated carbocycles. The second-order valence-electron chi connectivity index (χ2n) is 15.6. The zero-order chi connectivity index (χ0) is 26.5. The molecule has 1 saturated heterocycles. The second kappa shape index (κ2) is 8.69. The monoisotopic (exact) mass is 516 g/mol. The Bertz CT molecular complexity index is 1090. The molecule has 4 heteroatoms. The van der Waals surface area contributed by atoms with E-state index in [2.05, 4.69) is 52.8 Å². The van der Waals surface area contributed by atoms with E-state index in [-0.39, 0.29) is 29.0 Å². The van der Waals surface area contributed by atoms with E-state index in [1.54, 1.807) is 16.7 Å². The van der Waals surface area contributed by atoms with Crippen LogP contribution in [0.4, 0.5) is 0 Å². The third kappa shape index (κ3) is 3.64. The minimum absolute atomic E-state index is 0.0273. The SMILES string of the molecule is CC1(C)OB(C2(C3CCCCC3)CC(c3ccc4c(c3)CC[C@@H]3[C@@H]4CC[C@]4(C)C(=O)CC[C@@H]34)C2)OC1(C)C. The standard InChI is InChI=1S/C34H49BO3/c1-31(2)32(3,4)38-35(37-31)34(25-9-7-6-8-10-25)20-24(21-34)22-11-13-26-23(19-22)12-14-28-27(26)17-18-33(5)29(28)15-16-30(33)36/h11,13,19,24-25,27-29H,6-10,12,14-18,20-21H2,1-5H3/t24?,27-,28-,29+,33+,34?/m1/s1. The molecule has 1 aromatic rings. The summed E-state index contributed by atoms with van der Waals surface area (Å²) in [6, 6.07) is 7.59. The van der Waals surface area contributed by atoms with Gasteiger partial charge in [-0.15, -0.1) is 0 Å². The number of fused-ring (bicyclic) bond motifs is 5. The molecule has 0 radical (unpaired) electrons. The number of aryl methyl sites for hydroxylation is 1. The number of rotatable bonds is 3. The average Bonchev–Trinajstić information content (AvgIpc) is 3.29. The van der Waals surface area contributed by atoms with Crippen molar-refractivity contribution in [2.75, 3.05) is 0 Å². The molecule has 6 aliphatic rings. The molecule has 1 aliphatic heterocycles. The number of carbonyl (C=O) groups is 1. The van der Waals surface area contributed by atoms with Gasteiger partial charge in [0.15, 0.2) is 0 Å². The van der Waals surface area contributed by atoms with E-state index < -0.39 is 0 Å². The number of ketones is 1. The zero-order valence-electron chi connectivity index (χ0n) is 24.6. The minimum Gasteiger partial charge on any atom is -0.403 e. The Hall–Kier alpha value is -1.13. The molecule has 5 fully saturated rings. The maximum atomic E-state index is 12.7. The van der Waals surface area contributed by atoms with Crippen molar-refractivity contribution >= 4 is 12.9 Å². The molecule has 0 bridgehead atoms. The van der Waals surface area contributed by atoms with Crippen molar-refractivity contribution < 1.29 is 14.1 Å². The summed E-state index contributed by atoms with van der Waals surface area (Å²) in [4.78, 5) is 12.7. The Morgan fingerprint density at radius 1 is 0.842 bits per heavy atom. The Kier molecular flexibility index (Phi) is 5.90. The van der Waals surface area contributed by atoms with Crippen molar-refractivity contribution in [1.82, 2.24) is 0 Å². The first-order valence-corrected chi connectivity index (χ1v) is 16.1. The highest BCUT2D eigenvalue weighted by molar-refractivity contribution is 6.50. The van der Waals surface area contributed by atoms with Crippen molar-refractivity contribution in [2.24, 2.45) is 23.2 Å². The van der Waals surface area contributed by atoms with Gasteiger partial charge in [-0.25, -0.2) is 0 Å². The van der Waals surface area contributed by atoms with Crippen LogP contribution in [0.2, 0.25) is 5.31 Å². The van der Waals surface area contributed by atoms with E-state index >= 15 is 0 Å². The fraction of sp³-hybridized carbons (Fsp3) is 0.794. The van der Waals surface area contributed by atoms with Crippen LogP contribution in [0, 0.1) is 23.2 Å². The lowest BCUT2D eigenvalue weighted by atomic mass is 9.37. The van der Waals surface area contributed by atoms with Crippen molar-refractivity contribution in [1.29, 1.82) is 0 Å². The zero-order valence-corrected chi connectivity index (χ0v) is 24.6. The predicted octanol–water partition coefficient (Wildman–Crippen LogP) is 8.40. The van der Waals surface area contributed by atoms with Crippen molar-refractivity contribution in [2.45, 2.75) is 146 Å². The molecule has 206 valence electrons. The Labute approximate surface area is 231 Å². The largest absolute Gasteiger partial charge is 0.464 e. The van der Waals surface area contributed by atoms with Crippen LogP contribution in [0.5, 0.6) is 0 Å².